The summed E-state index contributed by atoms with van der Waals surface area (Å²) in [5.41, 5.74) is 2.38. The summed E-state index contributed by atoms with van der Waals surface area (Å²) in [7, 11) is -7.38. The molecule has 2 aromatic carbocycles. The maximum atomic E-state index is 12.5. The van der Waals surface area contributed by atoms with Crippen LogP contribution in [0.3, 0.4) is 0 Å². The number of aryl methyl sites for hydroxylation is 2. The zero-order valence-corrected chi connectivity index (χ0v) is 15.6. The van der Waals surface area contributed by atoms with Crippen LogP contribution in [0.1, 0.15) is 24.0 Å². The summed E-state index contributed by atoms with van der Waals surface area (Å²) < 4.78 is 54.3. The van der Waals surface area contributed by atoms with Crippen molar-refractivity contribution in [2.24, 2.45) is 0 Å². The molecule has 1 aliphatic rings. The Kier molecular flexibility index (Phi) is 4.61. The van der Waals surface area contributed by atoms with E-state index in [1.54, 1.807) is 12.1 Å². The van der Waals surface area contributed by atoms with Gasteiger partial charge in [0.15, 0.2) is 0 Å². The second-order valence-electron chi connectivity index (χ2n) is 6.35. The van der Waals surface area contributed by atoms with E-state index in [0.717, 1.165) is 24.0 Å². The van der Waals surface area contributed by atoms with Crippen LogP contribution in [0.15, 0.2) is 52.3 Å². The summed E-state index contributed by atoms with van der Waals surface area (Å²) in [6.45, 7) is 3.77. The predicted octanol–water partition coefficient (Wildman–Crippen LogP) is 2.54. The standard InChI is InChI=1S/C17H20N2O4S2/c1-12-9-13(2)11-15(10-12)19-25(22,23)17-7-5-16(6-8-17)24(20,21)18-14-3-4-14/h5-11,14,18-19H,3-4H2,1-2H3. The molecule has 0 aliphatic heterocycles. The molecule has 0 saturated heterocycles. The van der Waals surface area contributed by atoms with E-state index in [1.165, 1.54) is 24.3 Å². The van der Waals surface area contributed by atoms with Gasteiger partial charge in [0.05, 0.1) is 9.79 Å². The van der Waals surface area contributed by atoms with Gasteiger partial charge in [0.1, 0.15) is 0 Å². The molecular weight excluding hydrogens is 360 g/mol. The number of anilines is 1. The molecule has 2 N–H and O–H groups in total. The van der Waals surface area contributed by atoms with Crippen LogP contribution in [0, 0.1) is 13.8 Å². The zero-order valence-electron chi connectivity index (χ0n) is 14.0. The van der Waals surface area contributed by atoms with E-state index in [9.17, 15) is 16.8 Å². The largest absolute Gasteiger partial charge is 0.280 e. The Morgan fingerprint density at radius 3 is 1.76 bits per heavy atom. The highest BCUT2D eigenvalue weighted by atomic mass is 32.2. The quantitative estimate of drug-likeness (QED) is 0.805. The first-order chi connectivity index (χ1) is 11.7. The molecule has 0 heterocycles. The van der Waals surface area contributed by atoms with Crippen LogP contribution in [0.2, 0.25) is 0 Å². The fourth-order valence-corrected chi connectivity index (χ4v) is 4.88. The number of sulfonamides is 2. The minimum atomic E-state index is -3.79. The molecule has 3 rings (SSSR count). The van der Waals surface area contributed by atoms with Gasteiger partial charge in [-0.3, -0.25) is 4.72 Å². The van der Waals surface area contributed by atoms with E-state index in [2.05, 4.69) is 9.44 Å². The number of nitrogens with one attached hydrogen (secondary N) is 2. The zero-order chi connectivity index (χ0) is 18.2. The van der Waals surface area contributed by atoms with Crippen LogP contribution in [0.5, 0.6) is 0 Å². The molecule has 0 radical (unpaired) electrons. The van der Waals surface area contributed by atoms with Gasteiger partial charge < -0.3 is 0 Å². The lowest BCUT2D eigenvalue weighted by Gasteiger charge is -2.11. The van der Waals surface area contributed by atoms with Crippen molar-refractivity contribution in [1.29, 1.82) is 0 Å². The molecular formula is C17H20N2O4S2. The van der Waals surface area contributed by atoms with Gasteiger partial charge in [-0.1, -0.05) is 6.07 Å². The lowest BCUT2D eigenvalue weighted by Crippen LogP contribution is -2.25. The van der Waals surface area contributed by atoms with Gasteiger partial charge >= 0.3 is 0 Å². The van der Waals surface area contributed by atoms with Gasteiger partial charge in [0, 0.05) is 11.7 Å². The Morgan fingerprint density at radius 2 is 1.28 bits per heavy atom. The topological polar surface area (TPSA) is 92.3 Å². The van der Waals surface area contributed by atoms with E-state index >= 15 is 0 Å². The Labute approximate surface area is 148 Å². The van der Waals surface area contributed by atoms with Crippen molar-refractivity contribution in [3.8, 4) is 0 Å². The Hall–Kier alpha value is -1.90. The molecule has 0 amide bonds. The van der Waals surface area contributed by atoms with Crippen molar-refractivity contribution < 1.29 is 16.8 Å². The second kappa shape index (κ2) is 6.44. The van der Waals surface area contributed by atoms with Gasteiger partial charge in [-0.2, -0.15) is 0 Å². The van der Waals surface area contributed by atoms with Gasteiger partial charge in [-0.05, 0) is 74.2 Å². The van der Waals surface area contributed by atoms with Crippen LogP contribution in [0.25, 0.3) is 0 Å². The molecule has 0 unspecified atom stereocenters. The fourth-order valence-electron chi connectivity index (χ4n) is 2.53. The van der Waals surface area contributed by atoms with Crippen molar-refractivity contribution >= 4 is 25.7 Å². The van der Waals surface area contributed by atoms with Crippen LogP contribution in [-0.4, -0.2) is 22.9 Å². The summed E-state index contributed by atoms with van der Waals surface area (Å²) in [5, 5.41) is 0. The molecule has 0 spiro atoms. The van der Waals surface area contributed by atoms with E-state index in [-0.39, 0.29) is 15.8 Å². The molecule has 2 aromatic rings. The third kappa shape index (κ3) is 4.39. The summed E-state index contributed by atoms with van der Waals surface area (Å²) in [4.78, 5) is 0.0711. The molecule has 8 heteroatoms. The Bertz CT molecular complexity index is 973. The smallest absolute Gasteiger partial charge is 0.261 e. The molecule has 0 aromatic heterocycles. The monoisotopic (exact) mass is 380 g/mol. The molecule has 0 atom stereocenters. The number of hydrogen-bond donors (Lipinski definition) is 2. The minimum Gasteiger partial charge on any atom is -0.280 e. The van der Waals surface area contributed by atoms with Crippen molar-refractivity contribution in [3.05, 3.63) is 53.6 Å². The van der Waals surface area contributed by atoms with Gasteiger partial charge in [-0.25, -0.2) is 21.6 Å². The predicted molar refractivity (Wildman–Crippen MR) is 96.5 cm³/mol. The number of hydrogen-bond acceptors (Lipinski definition) is 4. The van der Waals surface area contributed by atoms with Crippen LogP contribution in [0.4, 0.5) is 5.69 Å². The van der Waals surface area contributed by atoms with E-state index in [1.807, 2.05) is 19.9 Å². The maximum absolute atomic E-state index is 12.5. The summed E-state index contributed by atoms with van der Waals surface area (Å²) in [6, 6.07) is 10.6. The van der Waals surface area contributed by atoms with Crippen LogP contribution >= 0.6 is 0 Å². The van der Waals surface area contributed by atoms with Crippen molar-refractivity contribution in [1.82, 2.24) is 4.72 Å². The van der Waals surface area contributed by atoms with Crippen molar-refractivity contribution in [2.75, 3.05) is 4.72 Å². The van der Waals surface area contributed by atoms with Crippen LogP contribution in [-0.2, 0) is 20.0 Å². The molecule has 25 heavy (non-hydrogen) atoms. The van der Waals surface area contributed by atoms with Crippen molar-refractivity contribution in [3.63, 3.8) is 0 Å². The van der Waals surface area contributed by atoms with E-state index in [4.69, 9.17) is 0 Å². The second-order valence-corrected chi connectivity index (χ2v) is 9.75. The third-order valence-electron chi connectivity index (χ3n) is 3.82. The summed E-state index contributed by atoms with van der Waals surface area (Å²) in [5.74, 6) is 0. The molecule has 134 valence electrons. The Morgan fingerprint density at radius 1 is 0.800 bits per heavy atom. The molecule has 1 aliphatic carbocycles. The van der Waals surface area contributed by atoms with Gasteiger partial charge in [0.25, 0.3) is 10.0 Å². The first-order valence-electron chi connectivity index (χ1n) is 7.89. The van der Waals surface area contributed by atoms with Gasteiger partial charge in [-0.15, -0.1) is 0 Å². The van der Waals surface area contributed by atoms with E-state index < -0.39 is 20.0 Å². The highest BCUT2D eigenvalue weighted by molar-refractivity contribution is 7.92. The average molecular weight is 380 g/mol. The SMILES string of the molecule is Cc1cc(C)cc(NS(=O)(=O)c2ccc(S(=O)(=O)NC3CC3)cc2)c1. The first kappa shape index (κ1) is 17.9. The highest BCUT2D eigenvalue weighted by Gasteiger charge is 2.28. The minimum absolute atomic E-state index is 0.000337. The van der Waals surface area contributed by atoms with Gasteiger partial charge in [0.2, 0.25) is 10.0 Å². The lowest BCUT2D eigenvalue weighted by atomic mass is 10.1. The highest BCUT2D eigenvalue weighted by Crippen LogP contribution is 2.23. The number of benzene rings is 2. The average Bonchev–Trinajstić information content (AvgIpc) is 3.29. The van der Waals surface area contributed by atoms with Crippen molar-refractivity contribution in [2.45, 2.75) is 42.5 Å². The van der Waals surface area contributed by atoms with E-state index in [0.29, 0.717) is 5.69 Å². The normalized spacial score (nSPS) is 15.1. The van der Waals surface area contributed by atoms with Crippen LogP contribution < -0.4 is 9.44 Å². The molecule has 1 fully saturated rings. The summed E-state index contributed by atoms with van der Waals surface area (Å²) in [6.07, 6.45) is 1.68. The summed E-state index contributed by atoms with van der Waals surface area (Å²) >= 11 is 0. The third-order valence-corrected chi connectivity index (χ3v) is 6.75. The lowest BCUT2D eigenvalue weighted by molar-refractivity contribution is 0.580. The first-order valence-corrected chi connectivity index (χ1v) is 10.9. The molecule has 0 bridgehead atoms. The Balaban J connectivity index is 1.82. The number of rotatable bonds is 6. The molecule has 6 nitrogen and oxygen atoms in total. The maximum Gasteiger partial charge on any atom is 0.261 e. The molecule has 1 saturated carbocycles. The fraction of sp³-hybridized carbons (Fsp3) is 0.294.